The highest BCUT2D eigenvalue weighted by Crippen LogP contribution is 2.32. The number of aromatic nitrogens is 4. The number of hydrogen-bond acceptors (Lipinski definition) is 7. The molecular weight excluding hydrogens is 571 g/mol. The summed E-state index contributed by atoms with van der Waals surface area (Å²) in [5.74, 6) is 0.718. The molecule has 0 spiro atoms. The molecule has 0 saturated carbocycles. The van der Waals surface area contributed by atoms with Crippen molar-refractivity contribution in [1.29, 1.82) is 0 Å². The number of sulfonamides is 1. The van der Waals surface area contributed by atoms with Crippen molar-refractivity contribution in [3.63, 3.8) is 0 Å². The van der Waals surface area contributed by atoms with Gasteiger partial charge < -0.3 is 14.6 Å². The molecule has 0 unspecified atom stereocenters. The second-order valence-corrected chi connectivity index (χ2v) is 10.2. The molecule has 1 aliphatic rings. The molecule has 3 aromatic rings. The van der Waals surface area contributed by atoms with E-state index in [1.807, 2.05) is 20.9 Å². The van der Waals surface area contributed by atoms with Crippen LogP contribution in [0.3, 0.4) is 0 Å². The molecule has 3 heterocycles. The lowest BCUT2D eigenvalue weighted by Crippen LogP contribution is -2.47. The Balaban J connectivity index is 0.00000324. The van der Waals surface area contributed by atoms with E-state index < -0.39 is 10.0 Å². The molecule has 1 saturated heterocycles. The lowest BCUT2D eigenvalue weighted by Gasteiger charge is -2.31. The SMILES string of the molecule is CCCc1nn(C)c2c(=O)[nH]c(-c3cc(S(=O)(=O)N4CCN(C)CC4)ccc3OCC)nc12.I. The van der Waals surface area contributed by atoms with Gasteiger partial charge in [-0.15, -0.1) is 24.0 Å². The van der Waals surface area contributed by atoms with E-state index in [9.17, 15) is 13.2 Å². The highest BCUT2D eigenvalue weighted by Gasteiger charge is 2.29. The van der Waals surface area contributed by atoms with Gasteiger partial charge in [-0.1, -0.05) is 13.3 Å². The Morgan fingerprint density at radius 2 is 1.82 bits per heavy atom. The van der Waals surface area contributed by atoms with E-state index in [1.165, 1.54) is 8.99 Å². The van der Waals surface area contributed by atoms with E-state index in [2.05, 4.69) is 15.0 Å². The molecule has 0 aliphatic carbocycles. The maximum atomic E-state index is 13.3. The quantitative estimate of drug-likeness (QED) is 0.413. The number of aromatic amines is 1. The van der Waals surface area contributed by atoms with Crippen LogP contribution in [0.2, 0.25) is 0 Å². The first kappa shape index (κ1) is 26.6. The van der Waals surface area contributed by atoms with Crippen molar-refractivity contribution in [1.82, 2.24) is 29.0 Å². The van der Waals surface area contributed by atoms with Crippen LogP contribution in [0.25, 0.3) is 22.4 Å². The summed E-state index contributed by atoms with van der Waals surface area (Å²) in [6, 6.07) is 4.71. The minimum absolute atomic E-state index is 0. The fourth-order valence-corrected chi connectivity index (χ4v) is 5.54. The molecule has 1 fully saturated rings. The Morgan fingerprint density at radius 3 is 2.47 bits per heavy atom. The molecule has 12 heteroatoms. The third kappa shape index (κ3) is 4.99. The number of nitrogens with one attached hydrogen (secondary N) is 1. The third-order valence-corrected chi connectivity index (χ3v) is 7.75. The summed E-state index contributed by atoms with van der Waals surface area (Å²) in [6.07, 6.45) is 1.54. The lowest BCUT2D eigenvalue weighted by molar-refractivity contribution is 0.222. The maximum absolute atomic E-state index is 13.3. The van der Waals surface area contributed by atoms with Gasteiger partial charge in [-0.25, -0.2) is 13.4 Å². The normalized spacial score (nSPS) is 15.4. The zero-order valence-corrected chi connectivity index (χ0v) is 23.0. The third-order valence-electron chi connectivity index (χ3n) is 5.86. The van der Waals surface area contributed by atoms with Crippen LogP contribution >= 0.6 is 24.0 Å². The Kier molecular flexibility index (Phi) is 8.37. The van der Waals surface area contributed by atoms with Crippen LogP contribution in [-0.2, 0) is 23.5 Å². The van der Waals surface area contributed by atoms with Crippen molar-refractivity contribution in [2.75, 3.05) is 39.8 Å². The second kappa shape index (κ2) is 10.7. The zero-order chi connectivity index (χ0) is 23.8. The molecule has 186 valence electrons. The molecule has 34 heavy (non-hydrogen) atoms. The number of fused-ring (bicyclic) bond motifs is 1. The average molecular weight is 602 g/mol. The van der Waals surface area contributed by atoms with Gasteiger partial charge in [0.05, 0.1) is 22.8 Å². The highest BCUT2D eigenvalue weighted by molar-refractivity contribution is 14.0. The fourth-order valence-electron chi connectivity index (χ4n) is 4.09. The van der Waals surface area contributed by atoms with E-state index in [4.69, 9.17) is 9.72 Å². The lowest BCUT2D eigenvalue weighted by atomic mass is 10.1. The summed E-state index contributed by atoms with van der Waals surface area (Å²) in [5, 5.41) is 4.45. The van der Waals surface area contributed by atoms with Crippen LogP contribution < -0.4 is 10.3 Å². The topological polar surface area (TPSA) is 113 Å². The van der Waals surface area contributed by atoms with Crippen molar-refractivity contribution in [3.8, 4) is 17.1 Å². The van der Waals surface area contributed by atoms with Crippen molar-refractivity contribution in [2.45, 2.75) is 31.6 Å². The van der Waals surface area contributed by atoms with Crippen molar-refractivity contribution < 1.29 is 13.2 Å². The van der Waals surface area contributed by atoms with Crippen LogP contribution in [0.15, 0.2) is 27.9 Å². The number of rotatable bonds is 7. The van der Waals surface area contributed by atoms with Gasteiger partial charge >= 0.3 is 0 Å². The molecule has 10 nitrogen and oxygen atoms in total. The predicted molar refractivity (Wildman–Crippen MR) is 141 cm³/mol. The molecule has 1 N–H and O–H groups in total. The van der Waals surface area contributed by atoms with E-state index in [0.717, 1.165) is 12.1 Å². The van der Waals surface area contributed by atoms with E-state index in [0.29, 0.717) is 61.6 Å². The average Bonchev–Trinajstić information content (AvgIpc) is 3.10. The van der Waals surface area contributed by atoms with Gasteiger partial charge in [0.25, 0.3) is 5.56 Å². The van der Waals surface area contributed by atoms with Crippen LogP contribution in [0.1, 0.15) is 26.0 Å². The van der Waals surface area contributed by atoms with Crippen LogP contribution in [0.4, 0.5) is 0 Å². The van der Waals surface area contributed by atoms with Crippen molar-refractivity contribution in [2.24, 2.45) is 7.05 Å². The minimum Gasteiger partial charge on any atom is -0.493 e. The molecule has 1 aliphatic heterocycles. The molecule has 0 atom stereocenters. The van der Waals surface area contributed by atoms with Gasteiger partial charge in [0.1, 0.15) is 17.1 Å². The molecule has 2 aromatic heterocycles. The summed E-state index contributed by atoms with van der Waals surface area (Å²) in [7, 11) is -0.00831. The number of benzene rings is 1. The maximum Gasteiger partial charge on any atom is 0.277 e. The largest absolute Gasteiger partial charge is 0.493 e. The van der Waals surface area contributed by atoms with E-state index in [1.54, 1.807) is 25.2 Å². The first-order valence-electron chi connectivity index (χ1n) is 11.2. The smallest absolute Gasteiger partial charge is 0.277 e. The van der Waals surface area contributed by atoms with Gasteiger partial charge in [0.2, 0.25) is 10.0 Å². The number of likely N-dealkylation sites (N-methyl/N-ethyl adjacent to an activating group) is 1. The molecule has 0 radical (unpaired) electrons. The Bertz CT molecular complexity index is 1330. The Morgan fingerprint density at radius 1 is 1.12 bits per heavy atom. The van der Waals surface area contributed by atoms with E-state index >= 15 is 0 Å². The number of nitrogens with zero attached hydrogens (tertiary/aromatic N) is 5. The highest BCUT2D eigenvalue weighted by atomic mass is 127. The van der Waals surface area contributed by atoms with Crippen LogP contribution in [0, 0.1) is 0 Å². The number of aryl methyl sites for hydroxylation is 2. The summed E-state index contributed by atoms with van der Waals surface area (Å²) in [5.41, 5.74) is 1.75. The molecule has 4 rings (SSSR count). The van der Waals surface area contributed by atoms with Crippen LogP contribution in [-0.4, -0.2) is 77.2 Å². The Labute approximate surface area is 216 Å². The minimum atomic E-state index is -3.70. The Hall–Kier alpha value is -2.03. The zero-order valence-electron chi connectivity index (χ0n) is 19.9. The second-order valence-electron chi connectivity index (χ2n) is 8.23. The summed E-state index contributed by atoms with van der Waals surface area (Å²) >= 11 is 0. The number of hydrogen-bond donors (Lipinski definition) is 1. The standard InChI is InChI=1S/C22H30N6O4S.HI/c1-5-7-17-19-20(27(4)25-17)22(29)24-21(23-19)16-14-15(8-9-18(16)32-6-2)33(30,31)28-12-10-26(3)11-13-28;/h8-9,14H,5-7,10-13H2,1-4H3,(H,23,24,29);1H. The van der Waals surface area contributed by atoms with Gasteiger partial charge in [0.15, 0.2) is 5.52 Å². The van der Waals surface area contributed by atoms with Crippen molar-refractivity contribution in [3.05, 3.63) is 34.2 Å². The molecule has 1 aromatic carbocycles. The van der Waals surface area contributed by atoms with Gasteiger partial charge in [-0.2, -0.15) is 9.40 Å². The van der Waals surface area contributed by atoms with E-state index in [-0.39, 0.29) is 40.3 Å². The number of ether oxygens (including phenoxy) is 1. The monoisotopic (exact) mass is 602 g/mol. The summed E-state index contributed by atoms with van der Waals surface area (Å²) < 4.78 is 35.4. The van der Waals surface area contributed by atoms with Gasteiger partial charge in [-0.3, -0.25) is 9.48 Å². The van der Waals surface area contributed by atoms with Gasteiger partial charge in [0, 0.05) is 33.2 Å². The summed E-state index contributed by atoms with van der Waals surface area (Å²) in [6.45, 7) is 6.48. The predicted octanol–water partition coefficient (Wildman–Crippen LogP) is 2.23. The first-order valence-corrected chi connectivity index (χ1v) is 12.6. The van der Waals surface area contributed by atoms with Gasteiger partial charge in [-0.05, 0) is 38.6 Å². The van der Waals surface area contributed by atoms with Crippen LogP contribution in [0.5, 0.6) is 5.75 Å². The number of halogens is 1. The first-order chi connectivity index (χ1) is 15.8. The molecule has 0 bridgehead atoms. The molecule has 0 amide bonds. The summed E-state index contributed by atoms with van der Waals surface area (Å²) in [4.78, 5) is 22.7. The fraction of sp³-hybridized carbons (Fsp3) is 0.500. The molecular formula is C22H31IN6O4S. The number of H-pyrrole nitrogens is 1. The van der Waals surface area contributed by atoms with Crippen molar-refractivity contribution >= 4 is 45.0 Å². The number of piperazine rings is 1.